The van der Waals surface area contributed by atoms with Gasteiger partial charge in [-0.1, -0.05) is 30.3 Å². The number of likely N-dealkylation sites (tertiary alicyclic amines) is 1. The molecule has 2 saturated heterocycles. The third-order valence-corrected chi connectivity index (χ3v) is 7.92. The van der Waals surface area contributed by atoms with E-state index in [2.05, 4.69) is 25.3 Å². The van der Waals surface area contributed by atoms with Crippen molar-refractivity contribution in [2.75, 3.05) is 54.8 Å². The molecule has 3 aromatic rings. The zero-order chi connectivity index (χ0) is 30.6. The molecular formula is C32H41N7O4. The Bertz CT molecular complexity index is 1420. The van der Waals surface area contributed by atoms with Gasteiger partial charge in [-0.15, -0.1) is 10.2 Å². The van der Waals surface area contributed by atoms with Crippen LogP contribution in [0.1, 0.15) is 33.6 Å². The number of piperidine rings is 1. The van der Waals surface area contributed by atoms with Crippen molar-refractivity contribution in [3.63, 3.8) is 0 Å². The van der Waals surface area contributed by atoms with E-state index in [4.69, 9.17) is 10.5 Å². The second-order valence-electron chi connectivity index (χ2n) is 12.2. The number of nitrogens with two attached hydrogens (primary N) is 1. The monoisotopic (exact) mass is 587 g/mol. The predicted molar refractivity (Wildman–Crippen MR) is 167 cm³/mol. The van der Waals surface area contributed by atoms with Gasteiger partial charge in [0.2, 0.25) is 5.91 Å². The Morgan fingerprint density at radius 1 is 1.00 bits per heavy atom. The maximum atomic E-state index is 13.8. The largest absolute Gasteiger partial charge is 0.507 e. The molecule has 0 aliphatic carbocycles. The number of carbonyl (C=O) groups is 2. The lowest BCUT2D eigenvalue weighted by Gasteiger charge is -2.43. The van der Waals surface area contributed by atoms with E-state index in [-0.39, 0.29) is 29.5 Å². The van der Waals surface area contributed by atoms with Crippen molar-refractivity contribution >= 4 is 29.2 Å². The Kier molecular flexibility index (Phi) is 8.89. The van der Waals surface area contributed by atoms with Gasteiger partial charge in [-0.2, -0.15) is 0 Å². The molecule has 0 radical (unpaired) electrons. The highest BCUT2D eigenvalue weighted by atomic mass is 16.6. The van der Waals surface area contributed by atoms with Gasteiger partial charge < -0.3 is 35.6 Å². The molecule has 11 nitrogen and oxygen atoms in total. The van der Waals surface area contributed by atoms with Crippen LogP contribution in [0.25, 0.3) is 11.3 Å². The van der Waals surface area contributed by atoms with Crippen LogP contribution in [0.3, 0.4) is 0 Å². The molecular weight excluding hydrogens is 546 g/mol. The standard InChI is InChI=1S/C32H41N7O4/c1-32(2,3)43-31(42)37-15-13-22(14-16-37)20-34-30(41)27-21-38(17-18-39(27)23-9-5-4-6-10-23)26-19-25(35-36-29(26)33)24-11-7-8-12-28(24)40/h4-12,19,22,27,40H,13-18,20-21H2,1-3H3,(H2,33,36)(H,34,41). The van der Waals surface area contributed by atoms with E-state index < -0.39 is 11.6 Å². The number of ether oxygens (including phenoxy) is 1. The maximum absolute atomic E-state index is 13.8. The van der Waals surface area contributed by atoms with Gasteiger partial charge in [0.05, 0.1) is 11.4 Å². The Morgan fingerprint density at radius 3 is 2.40 bits per heavy atom. The minimum Gasteiger partial charge on any atom is -0.507 e. The van der Waals surface area contributed by atoms with E-state index in [1.54, 1.807) is 23.1 Å². The van der Waals surface area contributed by atoms with E-state index in [0.717, 1.165) is 18.5 Å². The molecule has 2 amide bonds. The normalized spacial score (nSPS) is 17.9. The van der Waals surface area contributed by atoms with Gasteiger partial charge in [0.15, 0.2) is 5.82 Å². The van der Waals surface area contributed by atoms with Crippen molar-refractivity contribution in [3.8, 4) is 17.0 Å². The number of piperazine rings is 1. The Morgan fingerprint density at radius 2 is 1.70 bits per heavy atom. The van der Waals surface area contributed by atoms with Crippen molar-refractivity contribution in [3.05, 3.63) is 60.7 Å². The van der Waals surface area contributed by atoms with Gasteiger partial charge in [-0.25, -0.2) is 4.79 Å². The highest BCUT2D eigenvalue weighted by Crippen LogP contribution is 2.33. The first-order valence-electron chi connectivity index (χ1n) is 14.8. The van der Waals surface area contributed by atoms with Gasteiger partial charge in [0, 0.05) is 50.5 Å². The molecule has 5 rings (SSSR count). The van der Waals surface area contributed by atoms with Crippen LogP contribution in [-0.4, -0.2) is 83.1 Å². The third-order valence-electron chi connectivity index (χ3n) is 7.92. The number of hydrogen-bond acceptors (Lipinski definition) is 9. The summed E-state index contributed by atoms with van der Waals surface area (Å²) in [7, 11) is 0. The summed E-state index contributed by atoms with van der Waals surface area (Å²) in [6.45, 7) is 8.97. The molecule has 1 unspecified atom stereocenters. The number of hydrogen-bond donors (Lipinski definition) is 3. The van der Waals surface area contributed by atoms with Crippen LogP contribution in [-0.2, 0) is 9.53 Å². The van der Waals surface area contributed by atoms with Crippen LogP contribution in [0.2, 0.25) is 0 Å². The molecule has 1 aromatic heterocycles. The molecule has 3 heterocycles. The fraction of sp³-hybridized carbons (Fsp3) is 0.438. The first-order chi connectivity index (χ1) is 20.6. The fourth-order valence-corrected chi connectivity index (χ4v) is 5.63. The number of aromatic nitrogens is 2. The zero-order valence-corrected chi connectivity index (χ0v) is 25.1. The van der Waals surface area contributed by atoms with E-state index in [9.17, 15) is 14.7 Å². The summed E-state index contributed by atoms with van der Waals surface area (Å²) in [5.74, 6) is 0.581. The summed E-state index contributed by atoms with van der Waals surface area (Å²) < 4.78 is 5.51. The molecule has 0 saturated carbocycles. The van der Waals surface area contributed by atoms with Gasteiger partial charge in [-0.3, -0.25) is 4.79 Å². The molecule has 2 aliphatic rings. The smallest absolute Gasteiger partial charge is 0.410 e. The second kappa shape index (κ2) is 12.8. The van der Waals surface area contributed by atoms with Crippen LogP contribution in [0.4, 0.5) is 22.0 Å². The molecule has 4 N–H and O–H groups in total. The number of anilines is 3. The number of nitrogens with zero attached hydrogens (tertiary/aromatic N) is 5. The summed E-state index contributed by atoms with van der Waals surface area (Å²) >= 11 is 0. The summed E-state index contributed by atoms with van der Waals surface area (Å²) in [6, 6.07) is 18.2. The summed E-state index contributed by atoms with van der Waals surface area (Å²) in [4.78, 5) is 32.2. The van der Waals surface area contributed by atoms with Crippen LogP contribution in [0, 0.1) is 5.92 Å². The molecule has 0 bridgehead atoms. The summed E-state index contributed by atoms with van der Waals surface area (Å²) in [5, 5.41) is 22.0. The second-order valence-corrected chi connectivity index (χ2v) is 12.2. The van der Waals surface area contributed by atoms with Crippen molar-refractivity contribution < 1.29 is 19.4 Å². The minimum atomic E-state index is -0.526. The van der Waals surface area contributed by atoms with E-state index >= 15 is 0 Å². The zero-order valence-electron chi connectivity index (χ0n) is 25.1. The maximum Gasteiger partial charge on any atom is 0.410 e. The number of phenols is 1. The molecule has 1 atom stereocenters. The number of amides is 2. The summed E-state index contributed by atoms with van der Waals surface area (Å²) in [5.41, 5.74) is 8.49. The molecule has 0 spiro atoms. The van der Waals surface area contributed by atoms with E-state index in [0.29, 0.717) is 56.2 Å². The lowest BCUT2D eigenvalue weighted by molar-refractivity contribution is -0.122. The number of nitrogens with one attached hydrogen (secondary N) is 1. The van der Waals surface area contributed by atoms with Gasteiger partial charge in [0.1, 0.15) is 17.4 Å². The quantitative estimate of drug-likeness (QED) is 0.392. The number of para-hydroxylation sites is 2. The third kappa shape index (κ3) is 7.28. The van der Waals surface area contributed by atoms with Crippen molar-refractivity contribution in [1.82, 2.24) is 20.4 Å². The Balaban J connectivity index is 1.28. The number of carbonyl (C=O) groups excluding carboxylic acids is 2. The van der Waals surface area contributed by atoms with Gasteiger partial charge >= 0.3 is 6.09 Å². The van der Waals surface area contributed by atoms with Crippen molar-refractivity contribution in [2.24, 2.45) is 5.92 Å². The highest BCUT2D eigenvalue weighted by molar-refractivity contribution is 5.87. The molecule has 43 heavy (non-hydrogen) atoms. The number of nitrogen functional groups attached to an aromatic ring is 1. The molecule has 228 valence electrons. The van der Waals surface area contributed by atoms with Crippen molar-refractivity contribution in [1.29, 1.82) is 0 Å². The fourth-order valence-electron chi connectivity index (χ4n) is 5.63. The predicted octanol–water partition coefficient (Wildman–Crippen LogP) is 3.89. The minimum absolute atomic E-state index is 0.0651. The number of phenolic OH excluding ortho intramolecular Hbond substituents is 1. The van der Waals surface area contributed by atoms with Crippen LogP contribution >= 0.6 is 0 Å². The summed E-state index contributed by atoms with van der Waals surface area (Å²) in [6.07, 6.45) is 1.31. The first-order valence-corrected chi connectivity index (χ1v) is 14.8. The molecule has 11 heteroatoms. The van der Waals surface area contributed by atoms with Gasteiger partial charge in [0.25, 0.3) is 0 Å². The van der Waals surface area contributed by atoms with Crippen molar-refractivity contribution in [2.45, 2.75) is 45.3 Å². The van der Waals surface area contributed by atoms with Crippen LogP contribution < -0.4 is 20.9 Å². The molecule has 2 fully saturated rings. The highest BCUT2D eigenvalue weighted by Gasteiger charge is 2.35. The average Bonchev–Trinajstić information content (AvgIpc) is 3.00. The Hall–Kier alpha value is -4.54. The SMILES string of the molecule is CC(C)(C)OC(=O)N1CCC(CNC(=O)C2CN(c3cc(-c4ccccc4O)nnc3N)CCN2c2ccccc2)CC1. The molecule has 2 aromatic carbocycles. The van der Waals surface area contributed by atoms with E-state index in [1.165, 1.54) is 0 Å². The first kappa shape index (κ1) is 29.9. The van der Waals surface area contributed by atoms with Crippen LogP contribution in [0.15, 0.2) is 60.7 Å². The number of rotatable bonds is 6. The Labute approximate surface area is 252 Å². The lowest BCUT2D eigenvalue weighted by atomic mass is 9.96. The van der Waals surface area contributed by atoms with E-state index in [1.807, 2.05) is 63.2 Å². The average molecular weight is 588 g/mol. The molecule has 2 aliphatic heterocycles. The lowest BCUT2D eigenvalue weighted by Crippen LogP contribution is -2.60. The topological polar surface area (TPSA) is 137 Å². The van der Waals surface area contributed by atoms with Crippen LogP contribution in [0.5, 0.6) is 5.75 Å². The van der Waals surface area contributed by atoms with Gasteiger partial charge in [-0.05, 0) is 69.9 Å². The number of aromatic hydroxyl groups is 1. The number of benzene rings is 2.